The van der Waals surface area contributed by atoms with E-state index in [1.807, 2.05) is 24.3 Å². The van der Waals surface area contributed by atoms with Crippen molar-refractivity contribution in [2.24, 2.45) is 0 Å². The Bertz CT molecular complexity index is 926. The fourth-order valence-corrected chi connectivity index (χ4v) is 4.12. The van der Waals surface area contributed by atoms with Crippen LogP contribution in [0.1, 0.15) is 18.4 Å². The summed E-state index contributed by atoms with van der Waals surface area (Å²) in [4.78, 5) is 14.7. The second kappa shape index (κ2) is 8.94. The van der Waals surface area contributed by atoms with Crippen LogP contribution in [0.5, 0.6) is 0 Å². The van der Waals surface area contributed by atoms with Crippen LogP contribution in [0.4, 0.5) is 11.4 Å². The average Bonchev–Trinajstić information content (AvgIpc) is 3.17. The van der Waals surface area contributed by atoms with E-state index >= 15 is 0 Å². The van der Waals surface area contributed by atoms with Gasteiger partial charge < -0.3 is 10.2 Å². The predicted molar refractivity (Wildman–Crippen MR) is 113 cm³/mol. The second-order valence-electron chi connectivity index (χ2n) is 6.91. The molecule has 3 rings (SSSR count). The smallest absolute Gasteiger partial charge is 0.239 e. The third kappa shape index (κ3) is 5.47. The van der Waals surface area contributed by atoms with Gasteiger partial charge in [-0.05, 0) is 48.7 Å². The van der Waals surface area contributed by atoms with Gasteiger partial charge in [0.2, 0.25) is 15.9 Å². The number of carbonyl (C=O) groups is 1. The molecule has 1 heterocycles. The van der Waals surface area contributed by atoms with Crippen molar-refractivity contribution in [3.05, 3.63) is 59.1 Å². The van der Waals surface area contributed by atoms with E-state index in [2.05, 4.69) is 10.2 Å². The van der Waals surface area contributed by atoms with E-state index in [1.54, 1.807) is 24.3 Å². The summed E-state index contributed by atoms with van der Waals surface area (Å²) in [6.07, 6.45) is 3.48. The predicted octanol–water partition coefficient (Wildman–Crippen LogP) is 3.34. The van der Waals surface area contributed by atoms with Crippen molar-refractivity contribution in [2.45, 2.75) is 19.4 Å². The molecule has 0 bridgehead atoms. The van der Waals surface area contributed by atoms with Crippen molar-refractivity contribution < 1.29 is 13.2 Å². The van der Waals surface area contributed by atoms with Gasteiger partial charge in [-0.2, -0.15) is 4.31 Å². The highest BCUT2D eigenvalue weighted by atomic mass is 35.5. The van der Waals surface area contributed by atoms with E-state index in [-0.39, 0.29) is 13.1 Å². The van der Waals surface area contributed by atoms with E-state index in [4.69, 9.17) is 11.6 Å². The maximum atomic E-state index is 12.4. The van der Waals surface area contributed by atoms with Gasteiger partial charge in [-0.1, -0.05) is 29.8 Å². The Hall–Kier alpha value is -2.09. The van der Waals surface area contributed by atoms with Crippen molar-refractivity contribution >= 4 is 38.9 Å². The number of rotatable bonds is 7. The van der Waals surface area contributed by atoms with Crippen LogP contribution in [0.3, 0.4) is 0 Å². The summed E-state index contributed by atoms with van der Waals surface area (Å²) >= 11 is 6.13. The molecule has 1 fully saturated rings. The van der Waals surface area contributed by atoms with E-state index in [0.29, 0.717) is 16.3 Å². The van der Waals surface area contributed by atoms with Crippen LogP contribution in [-0.4, -0.2) is 44.5 Å². The van der Waals surface area contributed by atoms with Gasteiger partial charge in [0.15, 0.2) is 0 Å². The lowest BCUT2D eigenvalue weighted by Crippen LogP contribution is -2.37. The van der Waals surface area contributed by atoms with Crippen LogP contribution in [0.25, 0.3) is 0 Å². The number of benzene rings is 2. The monoisotopic (exact) mass is 421 g/mol. The number of hydrogen-bond acceptors (Lipinski definition) is 4. The Balaban J connectivity index is 1.64. The number of sulfonamides is 1. The number of nitrogens with one attached hydrogen (secondary N) is 1. The fraction of sp³-hybridized carbons (Fsp3) is 0.350. The lowest BCUT2D eigenvalue weighted by molar-refractivity contribution is -0.116. The average molecular weight is 422 g/mol. The summed E-state index contributed by atoms with van der Waals surface area (Å²) < 4.78 is 25.4. The Morgan fingerprint density at radius 3 is 2.36 bits per heavy atom. The van der Waals surface area contributed by atoms with Gasteiger partial charge in [-0.3, -0.25) is 4.79 Å². The molecular weight excluding hydrogens is 398 g/mol. The molecule has 2 aromatic carbocycles. The maximum absolute atomic E-state index is 12.4. The van der Waals surface area contributed by atoms with Gasteiger partial charge in [0, 0.05) is 36.0 Å². The van der Waals surface area contributed by atoms with Gasteiger partial charge >= 0.3 is 0 Å². The molecule has 1 N–H and O–H groups in total. The largest absolute Gasteiger partial charge is 0.372 e. The molecule has 0 atom stereocenters. The number of amides is 1. The van der Waals surface area contributed by atoms with Gasteiger partial charge in [0.25, 0.3) is 0 Å². The molecule has 1 aliphatic heterocycles. The fourth-order valence-electron chi connectivity index (χ4n) is 3.20. The van der Waals surface area contributed by atoms with Gasteiger partial charge in [0.1, 0.15) is 0 Å². The molecule has 8 heteroatoms. The van der Waals surface area contributed by atoms with Crippen molar-refractivity contribution in [1.29, 1.82) is 0 Å². The second-order valence-corrected chi connectivity index (χ2v) is 9.30. The van der Waals surface area contributed by atoms with Crippen LogP contribution in [0.2, 0.25) is 5.02 Å². The molecule has 0 radical (unpaired) electrons. The molecule has 0 spiro atoms. The lowest BCUT2D eigenvalue weighted by atomic mass is 10.2. The Morgan fingerprint density at radius 1 is 1.11 bits per heavy atom. The molecular formula is C20H24ClN3O3S. The summed E-state index contributed by atoms with van der Waals surface area (Å²) in [5, 5.41) is 3.23. The highest BCUT2D eigenvalue weighted by Gasteiger charge is 2.21. The minimum Gasteiger partial charge on any atom is -0.372 e. The number of halogens is 1. The molecule has 0 aromatic heterocycles. The normalized spacial score (nSPS) is 14.5. The van der Waals surface area contributed by atoms with Crippen LogP contribution in [-0.2, 0) is 21.4 Å². The Labute approximate surface area is 171 Å². The third-order valence-corrected chi connectivity index (χ3v) is 6.28. The first-order valence-electron chi connectivity index (χ1n) is 9.16. The van der Waals surface area contributed by atoms with Crippen molar-refractivity contribution in [3.63, 3.8) is 0 Å². The zero-order valence-corrected chi connectivity index (χ0v) is 17.3. The van der Waals surface area contributed by atoms with Crippen LogP contribution < -0.4 is 10.2 Å². The molecule has 28 heavy (non-hydrogen) atoms. The lowest BCUT2D eigenvalue weighted by Gasteiger charge is -2.20. The molecule has 0 saturated carbocycles. The minimum atomic E-state index is -3.58. The summed E-state index contributed by atoms with van der Waals surface area (Å²) in [5.41, 5.74) is 2.42. The molecule has 0 aliphatic carbocycles. The molecule has 2 aromatic rings. The summed E-state index contributed by atoms with van der Waals surface area (Å²) in [6.45, 7) is 1.87. The maximum Gasteiger partial charge on any atom is 0.239 e. The first-order chi connectivity index (χ1) is 13.3. The Morgan fingerprint density at radius 2 is 1.75 bits per heavy atom. The summed E-state index contributed by atoms with van der Waals surface area (Å²) in [5.74, 6) is -0.397. The van der Waals surface area contributed by atoms with Crippen LogP contribution in [0.15, 0.2) is 48.5 Å². The third-order valence-electron chi connectivity index (χ3n) is 4.72. The van der Waals surface area contributed by atoms with Crippen LogP contribution >= 0.6 is 11.6 Å². The van der Waals surface area contributed by atoms with Crippen molar-refractivity contribution in [3.8, 4) is 0 Å². The van der Waals surface area contributed by atoms with Crippen molar-refractivity contribution in [1.82, 2.24) is 4.31 Å². The SMILES string of the molecule is CS(=O)(=O)N(CC(=O)Nc1ccc(N2CCCC2)cc1)Cc1ccccc1Cl. The van der Waals surface area contributed by atoms with Gasteiger partial charge in [0.05, 0.1) is 12.8 Å². The van der Waals surface area contributed by atoms with E-state index in [1.165, 1.54) is 12.8 Å². The van der Waals surface area contributed by atoms with E-state index < -0.39 is 15.9 Å². The molecule has 1 amide bonds. The molecule has 0 unspecified atom stereocenters. The van der Waals surface area contributed by atoms with Gasteiger partial charge in [-0.15, -0.1) is 0 Å². The molecule has 150 valence electrons. The number of carbonyl (C=O) groups excluding carboxylic acids is 1. The summed E-state index contributed by atoms with van der Waals surface area (Å²) in [7, 11) is -3.58. The topological polar surface area (TPSA) is 69.7 Å². The standard InChI is InChI=1S/C20H24ClN3O3S/c1-28(26,27)24(14-16-6-2-3-7-19(16)21)15-20(25)22-17-8-10-18(11-9-17)23-12-4-5-13-23/h2-3,6-11H,4-5,12-15H2,1H3,(H,22,25). The van der Waals surface area contributed by atoms with Gasteiger partial charge in [-0.25, -0.2) is 8.42 Å². The number of anilines is 2. The van der Waals surface area contributed by atoms with Crippen LogP contribution in [0, 0.1) is 0 Å². The quantitative estimate of drug-likeness (QED) is 0.744. The molecule has 6 nitrogen and oxygen atoms in total. The molecule has 1 aliphatic rings. The van der Waals surface area contributed by atoms with Crippen molar-refractivity contribution in [2.75, 3.05) is 36.1 Å². The highest BCUT2D eigenvalue weighted by Crippen LogP contribution is 2.22. The number of nitrogens with zero attached hydrogens (tertiary/aromatic N) is 2. The van der Waals surface area contributed by atoms with E-state index in [0.717, 1.165) is 29.3 Å². The minimum absolute atomic E-state index is 0.0415. The number of hydrogen-bond donors (Lipinski definition) is 1. The Kier molecular flexibility index (Phi) is 6.59. The van der Waals surface area contributed by atoms with E-state index in [9.17, 15) is 13.2 Å². The zero-order valence-electron chi connectivity index (χ0n) is 15.8. The molecule has 1 saturated heterocycles. The summed E-state index contributed by atoms with van der Waals surface area (Å²) in [6, 6.07) is 14.6. The zero-order chi connectivity index (χ0) is 20.1. The first kappa shape index (κ1) is 20.6. The first-order valence-corrected chi connectivity index (χ1v) is 11.4. The highest BCUT2D eigenvalue weighted by molar-refractivity contribution is 7.88.